The van der Waals surface area contributed by atoms with Gasteiger partial charge in [-0.05, 0) is 37.1 Å². The number of amides is 1. The molecule has 2 aromatic rings. The van der Waals surface area contributed by atoms with Crippen molar-refractivity contribution < 1.29 is 14.8 Å². The van der Waals surface area contributed by atoms with E-state index in [9.17, 15) is 20.0 Å². The molecule has 7 heteroatoms. The highest BCUT2D eigenvalue weighted by atomic mass is 16.6. The summed E-state index contributed by atoms with van der Waals surface area (Å²) in [7, 11) is 0. The van der Waals surface area contributed by atoms with Crippen LogP contribution in [0.15, 0.2) is 42.5 Å². The summed E-state index contributed by atoms with van der Waals surface area (Å²) < 4.78 is 0. The van der Waals surface area contributed by atoms with Crippen molar-refractivity contribution in [2.45, 2.75) is 12.8 Å². The van der Waals surface area contributed by atoms with Gasteiger partial charge in [0.05, 0.1) is 4.92 Å². The molecule has 2 N–H and O–H groups in total. The van der Waals surface area contributed by atoms with Crippen molar-refractivity contribution in [2.75, 3.05) is 23.3 Å². The molecule has 7 nitrogen and oxygen atoms in total. The first-order valence-electron chi connectivity index (χ1n) is 7.68. The summed E-state index contributed by atoms with van der Waals surface area (Å²) in [4.78, 5) is 25.2. The van der Waals surface area contributed by atoms with Crippen molar-refractivity contribution in [1.82, 2.24) is 0 Å². The number of rotatable bonds is 4. The summed E-state index contributed by atoms with van der Waals surface area (Å²) >= 11 is 0. The van der Waals surface area contributed by atoms with Gasteiger partial charge in [0.2, 0.25) is 0 Å². The van der Waals surface area contributed by atoms with Crippen LogP contribution < -0.4 is 10.2 Å². The number of aromatic hydroxyl groups is 1. The second kappa shape index (κ2) is 6.57. The molecular weight excluding hydrogens is 310 g/mol. The maximum atomic E-state index is 12.3. The molecule has 0 unspecified atom stereocenters. The highest BCUT2D eigenvalue weighted by Gasteiger charge is 2.23. The van der Waals surface area contributed by atoms with Crippen LogP contribution in [0.25, 0.3) is 0 Å². The Balaban J connectivity index is 1.86. The molecule has 0 aliphatic carbocycles. The molecule has 1 heterocycles. The van der Waals surface area contributed by atoms with E-state index in [2.05, 4.69) is 5.32 Å². The Bertz CT molecular complexity index is 785. The van der Waals surface area contributed by atoms with Crippen LogP contribution in [-0.2, 0) is 0 Å². The quantitative estimate of drug-likeness (QED) is 0.664. The second-order valence-corrected chi connectivity index (χ2v) is 5.66. The topological polar surface area (TPSA) is 95.7 Å². The molecule has 124 valence electrons. The first-order chi connectivity index (χ1) is 11.5. The highest BCUT2D eigenvalue weighted by Crippen LogP contribution is 2.32. The summed E-state index contributed by atoms with van der Waals surface area (Å²) in [5, 5.41) is 23.4. The molecule has 1 amide bonds. The fourth-order valence-corrected chi connectivity index (χ4v) is 2.82. The molecule has 1 aliphatic heterocycles. The third kappa shape index (κ3) is 3.29. The van der Waals surface area contributed by atoms with Gasteiger partial charge in [0.1, 0.15) is 11.4 Å². The Kier molecular flexibility index (Phi) is 4.33. The number of phenols is 1. The lowest BCUT2D eigenvalue weighted by Crippen LogP contribution is -2.19. The molecule has 0 atom stereocenters. The number of nitrogens with zero attached hydrogens (tertiary/aromatic N) is 2. The first-order valence-corrected chi connectivity index (χ1v) is 7.68. The predicted octanol–water partition coefficient (Wildman–Crippen LogP) is 3.15. The smallest absolute Gasteiger partial charge is 0.293 e. The van der Waals surface area contributed by atoms with E-state index >= 15 is 0 Å². The highest BCUT2D eigenvalue weighted by molar-refractivity contribution is 6.05. The van der Waals surface area contributed by atoms with Crippen molar-refractivity contribution in [3.05, 3.63) is 58.1 Å². The summed E-state index contributed by atoms with van der Waals surface area (Å²) in [6.07, 6.45) is 2.02. The summed E-state index contributed by atoms with van der Waals surface area (Å²) in [6.45, 7) is 1.57. The summed E-state index contributed by atoms with van der Waals surface area (Å²) in [6, 6.07) is 10.6. The first kappa shape index (κ1) is 15.8. The number of nitrogens with one attached hydrogen (secondary N) is 1. The zero-order chi connectivity index (χ0) is 17.1. The minimum atomic E-state index is -0.461. The molecule has 0 aromatic heterocycles. The van der Waals surface area contributed by atoms with Crippen molar-refractivity contribution >= 4 is 23.0 Å². The third-order valence-electron chi connectivity index (χ3n) is 3.99. The number of hydrogen-bond donors (Lipinski definition) is 2. The largest absolute Gasteiger partial charge is 0.508 e. The van der Waals surface area contributed by atoms with Crippen LogP contribution in [-0.4, -0.2) is 29.0 Å². The SMILES string of the molecule is O=C(Nc1cccc(O)c1)c1ccc(N2CCCC2)c([N+](=O)[O-])c1. The van der Waals surface area contributed by atoms with Crippen LogP contribution in [0, 0.1) is 10.1 Å². The van der Waals surface area contributed by atoms with Gasteiger partial charge in [0, 0.05) is 36.5 Å². The minimum Gasteiger partial charge on any atom is -0.508 e. The number of nitro benzene ring substituents is 1. The molecule has 0 bridgehead atoms. The molecule has 2 aromatic carbocycles. The molecule has 24 heavy (non-hydrogen) atoms. The lowest BCUT2D eigenvalue weighted by molar-refractivity contribution is -0.384. The zero-order valence-corrected chi connectivity index (χ0v) is 12.9. The maximum absolute atomic E-state index is 12.3. The molecule has 0 saturated carbocycles. The standard InChI is InChI=1S/C17H17N3O4/c21-14-5-3-4-13(11-14)18-17(22)12-6-7-15(16(10-12)20(23)24)19-8-1-2-9-19/h3-7,10-11,21H,1-2,8-9H2,(H,18,22). The van der Waals surface area contributed by atoms with E-state index in [0.717, 1.165) is 25.9 Å². The van der Waals surface area contributed by atoms with Gasteiger partial charge in [0.15, 0.2) is 0 Å². The Hall–Kier alpha value is -3.09. The van der Waals surface area contributed by atoms with Gasteiger partial charge < -0.3 is 15.3 Å². The van der Waals surface area contributed by atoms with Gasteiger partial charge in [-0.25, -0.2) is 0 Å². The average Bonchev–Trinajstić information content (AvgIpc) is 3.08. The molecule has 1 aliphatic rings. The van der Waals surface area contributed by atoms with Gasteiger partial charge in [-0.1, -0.05) is 6.07 Å². The van der Waals surface area contributed by atoms with Gasteiger partial charge in [-0.3, -0.25) is 14.9 Å². The second-order valence-electron chi connectivity index (χ2n) is 5.66. The van der Waals surface area contributed by atoms with E-state index < -0.39 is 10.8 Å². The van der Waals surface area contributed by atoms with Gasteiger partial charge in [0.25, 0.3) is 11.6 Å². The number of benzene rings is 2. The van der Waals surface area contributed by atoms with E-state index in [1.807, 2.05) is 4.90 Å². The normalized spacial score (nSPS) is 13.8. The lowest BCUT2D eigenvalue weighted by atomic mass is 10.1. The maximum Gasteiger partial charge on any atom is 0.293 e. The van der Waals surface area contributed by atoms with Crippen LogP contribution in [0.1, 0.15) is 23.2 Å². The Morgan fingerprint density at radius 1 is 1.17 bits per heavy atom. The number of phenolic OH excluding ortho intramolecular Hbond substituents is 1. The van der Waals surface area contributed by atoms with Crippen LogP contribution in [0.5, 0.6) is 5.75 Å². The van der Waals surface area contributed by atoms with E-state index in [4.69, 9.17) is 0 Å². The van der Waals surface area contributed by atoms with Crippen LogP contribution >= 0.6 is 0 Å². The number of hydrogen-bond acceptors (Lipinski definition) is 5. The van der Waals surface area contributed by atoms with Gasteiger partial charge in [-0.2, -0.15) is 0 Å². The molecule has 1 saturated heterocycles. The van der Waals surface area contributed by atoms with E-state index in [0.29, 0.717) is 11.4 Å². The lowest BCUT2D eigenvalue weighted by Gasteiger charge is -2.17. The third-order valence-corrected chi connectivity index (χ3v) is 3.99. The van der Waals surface area contributed by atoms with E-state index in [1.54, 1.807) is 24.3 Å². The summed E-state index contributed by atoms with van der Waals surface area (Å²) in [5.74, 6) is -0.431. The van der Waals surface area contributed by atoms with Gasteiger partial charge >= 0.3 is 0 Å². The Morgan fingerprint density at radius 3 is 2.58 bits per heavy atom. The Morgan fingerprint density at radius 2 is 1.92 bits per heavy atom. The van der Waals surface area contributed by atoms with Crippen molar-refractivity contribution in [3.8, 4) is 5.75 Å². The Labute approximate surface area is 138 Å². The molecular formula is C17H17N3O4. The zero-order valence-electron chi connectivity index (χ0n) is 12.9. The fourth-order valence-electron chi connectivity index (χ4n) is 2.82. The molecule has 1 fully saturated rings. The van der Waals surface area contributed by atoms with Crippen LogP contribution in [0.3, 0.4) is 0 Å². The van der Waals surface area contributed by atoms with E-state index in [1.165, 1.54) is 18.2 Å². The monoisotopic (exact) mass is 327 g/mol. The van der Waals surface area contributed by atoms with Crippen LogP contribution in [0.4, 0.5) is 17.1 Å². The predicted molar refractivity (Wildman–Crippen MR) is 90.6 cm³/mol. The van der Waals surface area contributed by atoms with Crippen molar-refractivity contribution in [3.63, 3.8) is 0 Å². The minimum absolute atomic E-state index is 0.0307. The van der Waals surface area contributed by atoms with E-state index in [-0.39, 0.29) is 17.0 Å². The number of anilines is 2. The average molecular weight is 327 g/mol. The number of carbonyl (C=O) groups is 1. The number of carbonyl (C=O) groups excluding carboxylic acids is 1. The van der Waals surface area contributed by atoms with Crippen molar-refractivity contribution in [1.29, 1.82) is 0 Å². The summed E-state index contributed by atoms with van der Waals surface area (Å²) in [5.41, 5.74) is 1.10. The number of nitro groups is 1. The molecule has 0 spiro atoms. The van der Waals surface area contributed by atoms with Crippen LogP contribution in [0.2, 0.25) is 0 Å². The van der Waals surface area contributed by atoms with Gasteiger partial charge in [-0.15, -0.1) is 0 Å². The fraction of sp³-hybridized carbons (Fsp3) is 0.235. The molecule has 3 rings (SSSR count). The van der Waals surface area contributed by atoms with Crippen molar-refractivity contribution in [2.24, 2.45) is 0 Å². The molecule has 0 radical (unpaired) electrons.